The van der Waals surface area contributed by atoms with Gasteiger partial charge in [0, 0.05) is 44.2 Å². The molecule has 0 aromatic heterocycles. The van der Waals surface area contributed by atoms with E-state index in [4.69, 9.17) is 19.0 Å². The van der Waals surface area contributed by atoms with E-state index in [0.717, 1.165) is 42.4 Å². The second-order valence-electron chi connectivity index (χ2n) is 13.7. The molecule has 2 heterocycles. The molecule has 6 atom stereocenters. The van der Waals surface area contributed by atoms with Crippen LogP contribution in [0.3, 0.4) is 0 Å². The smallest absolute Gasteiger partial charge is 0.318 e. The normalized spacial score (nSPS) is 26.8. The third-order valence-electron chi connectivity index (χ3n) is 10.5. The standard InChI is InChI=1S/C38H51N3O9/c1-3-15-41(37(45)39-22-24-11-13-32-33(18-24)48-23-47-32)34-21-30(40-49-4-2)28-19-25(9-5-7-16-42)27(10-6-8-17-43)35-29-20-26(44)12-14-31(29)50-38(34,46)36(28)35/h11-14,18-20,25,27,34-36,42-44,46H,3-10,15-17,21-23H2,1-2H3,(H,39,45). The van der Waals surface area contributed by atoms with Crippen LogP contribution in [0.4, 0.5) is 4.79 Å². The number of oxime groups is 1. The van der Waals surface area contributed by atoms with E-state index in [0.29, 0.717) is 55.4 Å². The van der Waals surface area contributed by atoms with Gasteiger partial charge in [0.2, 0.25) is 12.6 Å². The molecule has 1 fully saturated rings. The predicted octanol–water partition coefficient (Wildman–Crippen LogP) is 5.19. The highest BCUT2D eigenvalue weighted by molar-refractivity contribution is 6.03. The van der Waals surface area contributed by atoms with Gasteiger partial charge in [-0.1, -0.05) is 37.1 Å². The number of fused-ring (bicyclic) bond motifs is 3. The molecule has 2 amide bonds. The lowest BCUT2D eigenvalue weighted by molar-refractivity contribution is -0.228. The van der Waals surface area contributed by atoms with Gasteiger partial charge >= 0.3 is 6.03 Å². The Balaban J connectivity index is 1.42. The monoisotopic (exact) mass is 693 g/mol. The zero-order chi connectivity index (χ0) is 35.3. The summed E-state index contributed by atoms with van der Waals surface area (Å²) in [6.45, 7) is 5.16. The molecule has 2 aliphatic carbocycles. The molecule has 0 spiro atoms. The first kappa shape index (κ1) is 35.8. The van der Waals surface area contributed by atoms with Crippen molar-refractivity contribution in [1.82, 2.24) is 10.2 Å². The number of nitrogens with zero attached hydrogens (tertiary/aromatic N) is 2. The van der Waals surface area contributed by atoms with Crippen molar-refractivity contribution >= 4 is 11.7 Å². The minimum atomic E-state index is -1.83. The highest BCUT2D eigenvalue weighted by Gasteiger charge is 2.64. The number of carbonyl (C=O) groups is 1. The van der Waals surface area contributed by atoms with Gasteiger partial charge in [-0.2, -0.15) is 0 Å². The van der Waals surface area contributed by atoms with Crippen LogP contribution >= 0.6 is 0 Å². The Labute approximate surface area is 293 Å². The number of phenols is 1. The Morgan fingerprint density at radius 2 is 1.78 bits per heavy atom. The Morgan fingerprint density at radius 3 is 2.54 bits per heavy atom. The Bertz CT molecular complexity index is 1560. The van der Waals surface area contributed by atoms with Crippen molar-refractivity contribution in [2.45, 2.75) is 89.5 Å². The number of rotatable bonds is 15. The first-order chi connectivity index (χ1) is 24.3. The Kier molecular flexibility index (Phi) is 11.4. The van der Waals surface area contributed by atoms with Gasteiger partial charge in [0.15, 0.2) is 11.5 Å². The number of carbonyl (C=O) groups excluding carboxylic acids is 1. The fourth-order valence-electron chi connectivity index (χ4n) is 8.39. The van der Waals surface area contributed by atoms with E-state index in [1.165, 1.54) is 0 Å². The minimum absolute atomic E-state index is 0.0246. The van der Waals surface area contributed by atoms with Crippen LogP contribution in [0.2, 0.25) is 0 Å². The lowest BCUT2D eigenvalue weighted by Crippen LogP contribution is -2.69. The van der Waals surface area contributed by atoms with Crippen LogP contribution in [0.15, 0.2) is 53.2 Å². The fraction of sp³-hybridized carbons (Fsp3) is 0.579. The number of urea groups is 1. The highest BCUT2D eigenvalue weighted by Crippen LogP contribution is 2.60. The molecule has 0 radical (unpaired) electrons. The van der Waals surface area contributed by atoms with E-state index in [1.54, 1.807) is 23.1 Å². The lowest BCUT2D eigenvalue weighted by Gasteiger charge is -2.58. The molecule has 272 valence electrons. The van der Waals surface area contributed by atoms with Crippen molar-refractivity contribution in [1.29, 1.82) is 0 Å². The van der Waals surface area contributed by atoms with Gasteiger partial charge in [-0.25, -0.2) is 4.79 Å². The molecule has 2 aromatic carbocycles. The topological polar surface area (TPSA) is 163 Å². The molecule has 2 aromatic rings. The van der Waals surface area contributed by atoms with Crippen molar-refractivity contribution in [2.75, 3.05) is 33.2 Å². The SMILES string of the molecule is CCCN(C(=O)NCc1ccc2c(c1)OCO2)C1CC(=NOCC)C2=CC(CCCCO)C(CCCCO)C3c4cc(O)ccc4OC1(O)C23. The van der Waals surface area contributed by atoms with E-state index < -0.39 is 17.7 Å². The number of allylic oxidation sites excluding steroid dienone is 1. The van der Waals surface area contributed by atoms with Gasteiger partial charge in [-0.3, -0.25) is 0 Å². The summed E-state index contributed by atoms with van der Waals surface area (Å²) in [5.74, 6) is -0.767. The molecule has 12 heteroatoms. The number of phenolic OH excluding ortho intramolecular Hbond substituents is 1. The molecule has 6 unspecified atom stereocenters. The Morgan fingerprint density at radius 1 is 1.02 bits per heavy atom. The minimum Gasteiger partial charge on any atom is -0.508 e. The molecule has 0 bridgehead atoms. The van der Waals surface area contributed by atoms with E-state index in [9.17, 15) is 25.2 Å². The zero-order valence-electron chi connectivity index (χ0n) is 29.1. The third kappa shape index (κ3) is 7.11. The van der Waals surface area contributed by atoms with Gasteiger partial charge in [0.1, 0.15) is 24.1 Å². The summed E-state index contributed by atoms with van der Waals surface area (Å²) < 4.78 is 17.6. The summed E-state index contributed by atoms with van der Waals surface area (Å²) in [6, 6.07) is 9.38. The number of aromatic hydroxyl groups is 1. The average molecular weight is 694 g/mol. The second-order valence-corrected chi connectivity index (χ2v) is 13.7. The summed E-state index contributed by atoms with van der Waals surface area (Å²) in [6.07, 6.45) is 7.58. The van der Waals surface area contributed by atoms with Crippen LogP contribution in [-0.4, -0.2) is 82.1 Å². The highest BCUT2D eigenvalue weighted by atomic mass is 16.7. The molecule has 0 saturated heterocycles. The molecule has 5 N–H and O–H groups in total. The van der Waals surface area contributed by atoms with Crippen LogP contribution in [0.25, 0.3) is 0 Å². The summed E-state index contributed by atoms with van der Waals surface area (Å²) in [5.41, 5.74) is 3.14. The molecular formula is C38H51N3O9. The molecular weight excluding hydrogens is 642 g/mol. The number of ether oxygens (including phenoxy) is 3. The van der Waals surface area contributed by atoms with E-state index in [1.807, 2.05) is 32.0 Å². The third-order valence-corrected chi connectivity index (χ3v) is 10.5. The Hall–Kier alpha value is -4.00. The van der Waals surface area contributed by atoms with Gasteiger partial charge in [0.05, 0.1) is 11.6 Å². The van der Waals surface area contributed by atoms with Crippen LogP contribution < -0.4 is 19.5 Å². The molecule has 50 heavy (non-hydrogen) atoms. The molecule has 1 saturated carbocycles. The molecule has 4 aliphatic rings. The second kappa shape index (κ2) is 15.9. The number of hydrogen-bond donors (Lipinski definition) is 5. The van der Waals surface area contributed by atoms with Crippen molar-refractivity contribution in [2.24, 2.45) is 22.9 Å². The number of unbranched alkanes of at least 4 members (excludes halogenated alkanes) is 2. The number of aliphatic hydroxyl groups excluding tert-OH is 2. The predicted molar refractivity (Wildman–Crippen MR) is 186 cm³/mol. The fourth-order valence-corrected chi connectivity index (χ4v) is 8.39. The average Bonchev–Trinajstić information content (AvgIpc) is 3.59. The number of benzene rings is 2. The van der Waals surface area contributed by atoms with Gasteiger partial charge in [-0.05, 0) is 92.3 Å². The van der Waals surface area contributed by atoms with Gasteiger partial charge in [-0.15, -0.1) is 0 Å². The van der Waals surface area contributed by atoms with Crippen LogP contribution in [0.5, 0.6) is 23.0 Å². The molecule has 6 rings (SSSR count). The van der Waals surface area contributed by atoms with Crippen LogP contribution in [-0.2, 0) is 11.4 Å². The maximum Gasteiger partial charge on any atom is 0.318 e. The largest absolute Gasteiger partial charge is 0.508 e. The number of hydrogen-bond acceptors (Lipinski definition) is 10. The lowest BCUT2D eigenvalue weighted by atomic mass is 9.55. The first-order valence-electron chi connectivity index (χ1n) is 18.1. The number of amides is 2. The molecule has 2 aliphatic heterocycles. The van der Waals surface area contributed by atoms with Crippen molar-refractivity contribution < 1.29 is 44.3 Å². The van der Waals surface area contributed by atoms with Gasteiger partial charge in [0.25, 0.3) is 0 Å². The summed E-state index contributed by atoms with van der Waals surface area (Å²) in [4.78, 5) is 21.5. The maximum atomic E-state index is 14.2. The summed E-state index contributed by atoms with van der Waals surface area (Å²) in [5, 5.41) is 50.8. The summed E-state index contributed by atoms with van der Waals surface area (Å²) in [7, 11) is 0. The van der Waals surface area contributed by atoms with E-state index in [2.05, 4.69) is 16.5 Å². The summed E-state index contributed by atoms with van der Waals surface area (Å²) >= 11 is 0. The molecule has 12 nitrogen and oxygen atoms in total. The number of aliphatic hydroxyl groups is 3. The van der Waals surface area contributed by atoms with Crippen LogP contribution in [0, 0.1) is 17.8 Å². The maximum absolute atomic E-state index is 14.2. The van der Waals surface area contributed by atoms with Crippen molar-refractivity contribution in [3.05, 3.63) is 59.2 Å². The zero-order valence-corrected chi connectivity index (χ0v) is 29.1. The van der Waals surface area contributed by atoms with Gasteiger partial charge < -0.3 is 49.7 Å². The van der Waals surface area contributed by atoms with Crippen molar-refractivity contribution in [3.8, 4) is 23.0 Å². The van der Waals surface area contributed by atoms with E-state index in [-0.39, 0.29) is 62.5 Å². The first-order valence-corrected chi connectivity index (χ1v) is 18.1. The quantitative estimate of drug-likeness (QED) is 0.125. The van der Waals surface area contributed by atoms with Crippen molar-refractivity contribution in [3.63, 3.8) is 0 Å². The number of nitrogens with one attached hydrogen (secondary N) is 1. The van der Waals surface area contributed by atoms with Crippen LogP contribution in [0.1, 0.15) is 82.3 Å². The van der Waals surface area contributed by atoms with E-state index >= 15 is 0 Å².